The van der Waals surface area contributed by atoms with Gasteiger partial charge in [-0.15, -0.1) is 94.8 Å². The molecule has 1 atom stereocenters. The highest BCUT2D eigenvalue weighted by Crippen LogP contribution is 2.29. The molecule has 8 aromatic heterocycles. The minimum Gasteiger partial charge on any atom is -0.406 e. The highest BCUT2D eigenvalue weighted by atomic mass is 19.4. The highest BCUT2D eigenvalue weighted by Gasteiger charge is 2.35. The summed E-state index contributed by atoms with van der Waals surface area (Å²) in [7, 11) is 3.01. The lowest BCUT2D eigenvalue weighted by atomic mass is 10.1. The molecule has 12 aromatic rings. The van der Waals surface area contributed by atoms with Crippen LogP contribution >= 0.6 is 0 Å². The third-order valence-corrected chi connectivity index (χ3v) is 19.6. The van der Waals surface area contributed by atoms with Crippen molar-refractivity contribution >= 4 is 82.5 Å². The van der Waals surface area contributed by atoms with Crippen molar-refractivity contribution < 1.29 is 119 Å². The van der Waals surface area contributed by atoms with E-state index in [-0.39, 0.29) is 115 Å². The number of hydrogen-bond acceptors (Lipinski definition) is 31. The lowest BCUT2D eigenvalue weighted by Gasteiger charge is -2.10. The van der Waals surface area contributed by atoms with Gasteiger partial charge in [-0.05, 0) is 191 Å². The number of nitrogens with one attached hydrogen (secondary N) is 8. The third kappa shape index (κ3) is 44.7. The number of aliphatic imine (C=N–C) groups is 1. The second kappa shape index (κ2) is 58.5. The largest absolute Gasteiger partial charge is 0.573 e. The number of anilines is 4. The number of hydrazone groups is 1. The minimum absolute atomic E-state index is 0.0314. The molecule has 0 radical (unpaired) electrons. The third-order valence-electron chi connectivity index (χ3n) is 19.6. The van der Waals surface area contributed by atoms with E-state index in [4.69, 9.17) is 17.0 Å². The van der Waals surface area contributed by atoms with Crippen LogP contribution < -0.4 is 67.3 Å². The van der Waals surface area contributed by atoms with Gasteiger partial charge in [0.1, 0.15) is 29.2 Å². The number of imidazole rings is 1. The summed E-state index contributed by atoms with van der Waals surface area (Å²) >= 11 is 0. The summed E-state index contributed by atoms with van der Waals surface area (Å²) in [5.41, 5.74) is 5.07. The van der Waals surface area contributed by atoms with Crippen LogP contribution in [0.3, 0.4) is 0 Å². The van der Waals surface area contributed by atoms with E-state index in [0.29, 0.717) is 104 Å². The van der Waals surface area contributed by atoms with Gasteiger partial charge in [-0.25, -0.2) is 14.1 Å². The Bertz CT molecular complexity index is 6420. The normalized spacial score (nSPS) is 11.6. The number of alkyl halides is 13. The van der Waals surface area contributed by atoms with E-state index in [2.05, 4.69) is 154 Å². The smallest absolute Gasteiger partial charge is 0.406 e. The topological polar surface area (TPSA) is 543 Å². The van der Waals surface area contributed by atoms with Crippen molar-refractivity contribution in [2.45, 2.75) is 161 Å². The molecular formula is C93H99F13N30O13. The van der Waals surface area contributed by atoms with Crippen molar-refractivity contribution in [1.82, 2.24) is 117 Å². The van der Waals surface area contributed by atoms with Gasteiger partial charge in [0.25, 0.3) is 23.6 Å². The van der Waals surface area contributed by atoms with E-state index in [1.165, 1.54) is 102 Å². The lowest BCUT2D eigenvalue weighted by molar-refractivity contribution is -0.275. The number of rotatable bonds is 48. The average molecular weight is 2090 g/mol. The molecule has 0 saturated carbocycles. The summed E-state index contributed by atoms with van der Waals surface area (Å²) in [5, 5.41) is 79.1. The molecule has 790 valence electrons. The summed E-state index contributed by atoms with van der Waals surface area (Å²) in [6.07, 6.45) is 0.452. The lowest BCUT2D eigenvalue weighted by Crippen LogP contribution is -2.32. The molecule has 0 aliphatic carbocycles. The maximum absolute atomic E-state index is 14.4. The number of aromatic nitrogens is 19. The van der Waals surface area contributed by atoms with Crippen LogP contribution in [0.25, 0.3) is 5.69 Å². The number of unbranched alkanes of at least 4 members (excludes halogenated alkanes) is 3. The molecule has 10 N–H and O–H groups in total. The van der Waals surface area contributed by atoms with Gasteiger partial charge in [-0.2, -0.15) is 25.5 Å². The quantitative estimate of drug-likeness (QED) is 0.00427. The van der Waals surface area contributed by atoms with Gasteiger partial charge in [-0.1, -0.05) is 70.9 Å². The summed E-state index contributed by atoms with van der Waals surface area (Å²) in [4.78, 5) is 104. The van der Waals surface area contributed by atoms with E-state index < -0.39 is 84.3 Å². The highest BCUT2D eigenvalue weighted by molar-refractivity contribution is 6.60. The number of nitrogens with two attached hydrogens (primary N) is 1. The van der Waals surface area contributed by atoms with Crippen LogP contribution in [0.15, 0.2) is 187 Å². The van der Waals surface area contributed by atoms with E-state index in [0.717, 1.165) is 86.3 Å². The van der Waals surface area contributed by atoms with E-state index in [1.54, 1.807) is 77.4 Å². The zero-order valence-electron chi connectivity index (χ0n) is 79.6. The molecule has 0 aliphatic rings. The van der Waals surface area contributed by atoms with Gasteiger partial charge in [0.2, 0.25) is 23.6 Å². The molecule has 0 saturated heterocycles. The van der Waals surface area contributed by atoms with Crippen LogP contribution in [-0.4, -0.2) is 233 Å². The van der Waals surface area contributed by atoms with Crippen molar-refractivity contribution in [2.24, 2.45) is 15.9 Å². The monoisotopic (exact) mass is 2090 g/mol. The van der Waals surface area contributed by atoms with Gasteiger partial charge in [0, 0.05) is 59.1 Å². The molecule has 12 rings (SSSR count). The Hall–Kier alpha value is -17.5. The standard InChI is InChI=1S/C24H23F4N9O3.C23H26F3N7O4.C23H26F3N7O3.C23H24F3N7O3/c1-29-23(39)20-13-37(35-33-20)11-15(25)5-6-16-7-8-21(34-32-16)31-22(38)9-17-12-36(14-30-17)18-3-2-4-19(10-18)40-24(26,27)28;1-36-12-10-27-22(35)19-15-33(32-30-19)11-3-2-6-17-8-9-20(31-29-17)28-21(34)14-16-5-4-7-18(13-16)37-23(24,25)26;1-2-11-27-22(35)19-15-33(32-30-19)12-4-3-7-17-9-10-20(31-29-17)28-21(34)14-16-6-5-8-18(13-16)36-23(24,25)26;1-2-11-29-22(35)19(31-27)15-28-12-4-3-7-17-9-10-20(33-32-17)30-21(34)14-16-6-5-8-18(13-16)36-23(24,25)26/h2-4,7-8,10,12-15H,5-6,9,11H2,1H3,(H,29,39)(H,31,34,38);4-5,7-9,13,15H,2-3,6,10-12,14H2,1H3,(H,27,35)(H,28,31,34);5-6,8-10,13,15H,2-4,7,11-12,14H2,1H3,(H,27,35)(H,28,31,34);1,5-6,8-10,13,15H,3-4,7,11-12,14,27H2,(H,29,35)(H,30,33,34)/t15-;;;/m1.../s1. The number of carbonyl (C=O) groups excluding carboxylic acids is 8. The van der Waals surface area contributed by atoms with E-state index in [1.807, 2.05) is 6.92 Å². The molecule has 0 bridgehead atoms. The first-order chi connectivity index (χ1) is 71.2. The fraction of sp³-hybridized carbons (Fsp3) is 0.344. The number of halogens is 13. The number of benzene rings is 4. The summed E-state index contributed by atoms with van der Waals surface area (Å²) < 4.78 is 189. The van der Waals surface area contributed by atoms with Crippen LogP contribution in [0, 0.1) is 12.3 Å². The number of terminal acetylenes is 1. The average Bonchev–Trinajstić information content (AvgIpc) is 1.68. The molecule has 0 unspecified atom stereocenters. The fourth-order valence-corrected chi connectivity index (χ4v) is 12.8. The van der Waals surface area contributed by atoms with Gasteiger partial charge in [0.05, 0.1) is 111 Å². The Balaban J connectivity index is 0.000000221. The van der Waals surface area contributed by atoms with Crippen LogP contribution in [0.2, 0.25) is 0 Å². The Labute approximate surface area is 839 Å². The number of nitrogens with zero attached hydrogens (tertiary/aromatic N) is 21. The molecule has 4 aromatic carbocycles. The maximum atomic E-state index is 14.4. The van der Waals surface area contributed by atoms with Gasteiger partial charge in [-0.3, -0.25) is 52.7 Å². The summed E-state index contributed by atoms with van der Waals surface area (Å²) in [5.74, 6) is 3.47. The fourth-order valence-electron chi connectivity index (χ4n) is 12.8. The Morgan fingerprint density at radius 3 is 1.26 bits per heavy atom. The first kappa shape index (κ1) is 115. The van der Waals surface area contributed by atoms with Gasteiger partial charge >= 0.3 is 25.4 Å². The predicted octanol–water partition coefficient (Wildman–Crippen LogP) is 10.5. The molecular weight excluding hydrogens is 1990 g/mol. The van der Waals surface area contributed by atoms with Crippen LogP contribution in [0.1, 0.15) is 135 Å². The molecule has 0 fully saturated rings. The van der Waals surface area contributed by atoms with Crippen molar-refractivity contribution in [3.63, 3.8) is 0 Å². The number of ether oxygens (including phenoxy) is 5. The number of amides is 8. The summed E-state index contributed by atoms with van der Waals surface area (Å²) in [6.45, 7) is 4.96. The molecule has 0 aliphatic heterocycles. The predicted molar refractivity (Wildman–Crippen MR) is 506 cm³/mol. The first-order valence-electron chi connectivity index (χ1n) is 45.3. The van der Waals surface area contributed by atoms with Crippen LogP contribution in [0.4, 0.5) is 80.3 Å². The van der Waals surface area contributed by atoms with Crippen molar-refractivity contribution in [3.05, 3.63) is 239 Å². The Morgan fingerprint density at radius 2 is 0.852 bits per heavy atom. The Morgan fingerprint density at radius 1 is 0.456 bits per heavy atom. The van der Waals surface area contributed by atoms with Gasteiger partial charge in [0.15, 0.2) is 46.1 Å². The molecule has 8 amide bonds. The number of aryl methyl sites for hydroxylation is 6. The van der Waals surface area contributed by atoms with Crippen molar-refractivity contribution in [3.8, 4) is 41.0 Å². The molecule has 56 heteroatoms. The maximum Gasteiger partial charge on any atom is 0.573 e. The zero-order chi connectivity index (χ0) is 108. The first-order valence-corrected chi connectivity index (χ1v) is 45.3. The van der Waals surface area contributed by atoms with E-state index in [9.17, 15) is 95.4 Å². The molecule has 8 heterocycles. The number of hydrogen-bond donors (Lipinski definition) is 9. The second-order valence-corrected chi connectivity index (χ2v) is 31.5. The molecule has 43 nitrogen and oxygen atoms in total. The number of carbonyl (C=O) groups is 8. The Kier molecular flexibility index (Phi) is 45.2. The van der Waals surface area contributed by atoms with Crippen molar-refractivity contribution in [1.29, 1.82) is 0 Å². The summed E-state index contributed by atoms with van der Waals surface area (Å²) in [6, 6.07) is 34.1. The molecule has 0 spiro atoms. The number of methoxy groups -OCH3 is 1. The SMILES string of the molecule is C#CCNC(=O)C(C=NCCCCc1ccc(NC(=O)Cc2cccc(OC(F)(F)F)c2)nn1)=NN.CCCNC(=O)c1cn(CCCCc2ccc(NC(=O)Cc3cccc(OC(F)(F)F)c3)nn2)nn1.CNC(=O)c1cn(C[C@H](F)CCc2ccc(NC(=O)Cc3cn(-c4cccc(OC(F)(F)F)c4)cn3)nn2)nn1.COCCNC(=O)c1cn(CCCCc2ccc(NC(=O)Cc3cccc(OC(F)(F)F)c3)nn2)nn1. The van der Waals surface area contributed by atoms with Crippen molar-refractivity contribution in [2.75, 3.05) is 68.2 Å². The van der Waals surface area contributed by atoms with Gasteiger partial charge < -0.3 is 76.6 Å². The zero-order valence-corrected chi connectivity index (χ0v) is 79.6. The molecule has 149 heavy (non-hydrogen) atoms. The van der Waals surface area contributed by atoms with Crippen LogP contribution in [-0.2, 0) is 99.7 Å². The second-order valence-electron chi connectivity index (χ2n) is 31.5. The van der Waals surface area contributed by atoms with Crippen LogP contribution in [0.5, 0.6) is 23.0 Å². The minimum atomic E-state index is -4.81. The van der Waals surface area contributed by atoms with E-state index >= 15 is 0 Å².